The van der Waals surface area contributed by atoms with Gasteiger partial charge in [0, 0.05) is 42.1 Å². The fourth-order valence-corrected chi connectivity index (χ4v) is 4.63. The fraction of sp³-hybridized carbons (Fsp3) is 0.478. The van der Waals surface area contributed by atoms with Gasteiger partial charge in [0.2, 0.25) is 0 Å². The molecule has 0 unspecified atom stereocenters. The summed E-state index contributed by atoms with van der Waals surface area (Å²) in [5.74, 6) is -0.870. The van der Waals surface area contributed by atoms with Crippen molar-refractivity contribution >= 4 is 23.2 Å². The molecule has 0 saturated heterocycles. The van der Waals surface area contributed by atoms with Crippen LogP contribution in [0.15, 0.2) is 23.0 Å². The van der Waals surface area contributed by atoms with Crippen LogP contribution in [0.2, 0.25) is 5.15 Å². The lowest BCUT2D eigenvalue weighted by atomic mass is 9.93. The molecule has 30 heavy (non-hydrogen) atoms. The molecular formula is C23H29ClFN3O2. The number of nitrogens with one attached hydrogen (secondary N) is 2. The van der Waals surface area contributed by atoms with Crippen LogP contribution < -0.4 is 15.6 Å². The Balaban J connectivity index is 1.85. The van der Waals surface area contributed by atoms with Crippen molar-refractivity contribution in [3.63, 3.8) is 0 Å². The average Bonchev–Trinajstić information content (AvgIpc) is 2.70. The molecule has 5 nitrogen and oxygen atoms in total. The molecule has 162 valence electrons. The summed E-state index contributed by atoms with van der Waals surface area (Å²) in [7, 11) is 0. The molecule has 1 aliphatic carbocycles. The van der Waals surface area contributed by atoms with E-state index in [1.807, 2.05) is 6.92 Å². The van der Waals surface area contributed by atoms with Gasteiger partial charge in [-0.25, -0.2) is 4.39 Å². The highest BCUT2D eigenvalue weighted by molar-refractivity contribution is 6.30. The molecule has 2 aromatic rings. The molecule has 0 atom stereocenters. The first-order chi connectivity index (χ1) is 14.3. The molecule has 1 heterocycles. The molecule has 0 aliphatic heterocycles. The van der Waals surface area contributed by atoms with Crippen LogP contribution in [0.4, 0.5) is 10.1 Å². The normalized spacial score (nSPS) is 14.6. The van der Waals surface area contributed by atoms with Crippen LogP contribution in [-0.2, 0) is 6.54 Å². The summed E-state index contributed by atoms with van der Waals surface area (Å²) in [5, 5.41) is 2.92. The molecule has 1 aromatic heterocycles. The minimum atomic E-state index is -0.443. The van der Waals surface area contributed by atoms with E-state index in [4.69, 9.17) is 11.6 Å². The Morgan fingerprint density at radius 1 is 1.23 bits per heavy atom. The number of aryl methyl sites for hydroxylation is 1. The lowest BCUT2D eigenvalue weighted by Gasteiger charge is -2.36. The molecule has 1 amide bonds. The van der Waals surface area contributed by atoms with Crippen LogP contribution in [0, 0.1) is 19.7 Å². The maximum Gasteiger partial charge on any atom is 0.252 e. The molecule has 2 N–H and O–H groups in total. The summed E-state index contributed by atoms with van der Waals surface area (Å²) >= 11 is 6.12. The van der Waals surface area contributed by atoms with E-state index in [0.717, 1.165) is 30.6 Å². The number of benzene rings is 1. The molecule has 1 fully saturated rings. The maximum absolute atomic E-state index is 14.5. The van der Waals surface area contributed by atoms with Gasteiger partial charge in [0.25, 0.3) is 5.91 Å². The minimum absolute atomic E-state index is 0.0291. The minimum Gasteiger partial charge on any atom is -0.369 e. The number of nitrogens with zero attached hydrogens (tertiary/aromatic N) is 1. The number of halogens is 2. The average molecular weight is 434 g/mol. The Morgan fingerprint density at radius 2 is 1.93 bits per heavy atom. The van der Waals surface area contributed by atoms with Gasteiger partial charge in [-0.15, -0.1) is 0 Å². The summed E-state index contributed by atoms with van der Waals surface area (Å²) in [6.45, 7) is 6.37. The van der Waals surface area contributed by atoms with Crippen LogP contribution in [0.3, 0.4) is 0 Å². The quantitative estimate of drug-likeness (QED) is 0.638. The largest absolute Gasteiger partial charge is 0.369 e. The molecule has 7 heteroatoms. The Hall–Kier alpha value is -2.34. The Kier molecular flexibility index (Phi) is 7.19. The number of carbonyl (C=O) groups is 1. The molecule has 0 spiro atoms. The highest BCUT2D eigenvalue weighted by Crippen LogP contribution is 2.31. The van der Waals surface area contributed by atoms with E-state index >= 15 is 0 Å². The van der Waals surface area contributed by atoms with Crippen molar-refractivity contribution in [1.29, 1.82) is 0 Å². The van der Waals surface area contributed by atoms with Crippen molar-refractivity contribution in [1.82, 2.24) is 10.3 Å². The van der Waals surface area contributed by atoms with Gasteiger partial charge in [0.1, 0.15) is 11.0 Å². The number of H-pyrrole nitrogens is 1. The van der Waals surface area contributed by atoms with Crippen molar-refractivity contribution < 1.29 is 9.18 Å². The van der Waals surface area contributed by atoms with E-state index in [2.05, 4.69) is 22.1 Å². The van der Waals surface area contributed by atoms with Crippen LogP contribution in [0.1, 0.15) is 66.2 Å². The van der Waals surface area contributed by atoms with Crippen LogP contribution in [0.5, 0.6) is 0 Å². The summed E-state index contributed by atoms with van der Waals surface area (Å²) < 4.78 is 14.5. The zero-order chi connectivity index (χ0) is 21.8. The zero-order valence-electron chi connectivity index (χ0n) is 17.8. The van der Waals surface area contributed by atoms with Gasteiger partial charge >= 0.3 is 0 Å². The number of carbonyl (C=O) groups excluding carboxylic acids is 1. The predicted octanol–water partition coefficient (Wildman–Crippen LogP) is 4.87. The van der Waals surface area contributed by atoms with Crippen molar-refractivity contribution in [2.24, 2.45) is 0 Å². The second kappa shape index (κ2) is 9.65. The monoisotopic (exact) mass is 433 g/mol. The molecular weight excluding hydrogens is 405 g/mol. The van der Waals surface area contributed by atoms with Crippen molar-refractivity contribution in [3.05, 3.63) is 61.8 Å². The standard InChI is InChI=1S/C23H29ClFN3O2/c1-4-28(17-8-6-5-7-9-17)20-12-16(25)11-18(15(20)3)23(30)26-13-19-21(29)10-14(2)27-22(19)24/h10-12,17H,4-9,13H2,1-3H3,(H,26,30)(H,27,29). The number of hydrogen-bond donors (Lipinski definition) is 2. The number of rotatable bonds is 6. The predicted molar refractivity (Wildman–Crippen MR) is 119 cm³/mol. The highest BCUT2D eigenvalue weighted by atomic mass is 35.5. The third kappa shape index (κ3) is 4.86. The number of aromatic nitrogens is 1. The summed E-state index contributed by atoms with van der Waals surface area (Å²) in [4.78, 5) is 30.1. The molecule has 1 aromatic carbocycles. The van der Waals surface area contributed by atoms with Crippen LogP contribution in [0.25, 0.3) is 0 Å². The molecule has 1 saturated carbocycles. The van der Waals surface area contributed by atoms with Gasteiger partial charge < -0.3 is 15.2 Å². The third-order valence-corrected chi connectivity index (χ3v) is 6.22. The SMILES string of the molecule is CCN(c1cc(F)cc(C(=O)NCc2c(Cl)[nH]c(C)cc2=O)c1C)C1CCCCC1. The van der Waals surface area contributed by atoms with Gasteiger partial charge in [0.15, 0.2) is 5.43 Å². The molecule has 0 bridgehead atoms. The Bertz CT molecular complexity index is 983. The number of amides is 1. The van der Waals surface area contributed by atoms with Crippen molar-refractivity contribution in [3.8, 4) is 0 Å². The van der Waals surface area contributed by atoms with E-state index in [1.54, 1.807) is 6.92 Å². The van der Waals surface area contributed by atoms with Gasteiger partial charge in [-0.1, -0.05) is 30.9 Å². The van der Waals surface area contributed by atoms with E-state index in [9.17, 15) is 14.0 Å². The van der Waals surface area contributed by atoms with Gasteiger partial charge in [0.05, 0.1) is 5.56 Å². The van der Waals surface area contributed by atoms with E-state index in [0.29, 0.717) is 11.7 Å². The highest BCUT2D eigenvalue weighted by Gasteiger charge is 2.24. The molecule has 3 rings (SSSR count). The molecule has 1 aliphatic rings. The first kappa shape index (κ1) is 22.3. The smallest absolute Gasteiger partial charge is 0.252 e. The molecule has 0 radical (unpaired) electrons. The number of anilines is 1. The number of aromatic amines is 1. The summed E-state index contributed by atoms with van der Waals surface area (Å²) in [6.07, 6.45) is 5.76. The second-order valence-corrected chi connectivity index (χ2v) is 8.35. The number of pyridine rings is 1. The van der Waals surface area contributed by atoms with Crippen LogP contribution in [-0.4, -0.2) is 23.5 Å². The van der Waals surface area contributed by atoms with Gasteiger partial charge in [-0.2, -0.15) is 0 Å². The summed E-state index contributed by atoms with van der Waals surface area (Å²) in [6, 6.07) is 4.57. The first-order valence-corrected chi connectivity index (χ1v) is 10.9. The zero-order valence-corrected chi connectivity index (χ0v) is 18.5. The second-order valence-electron chi connectivity index (χ2n) is 7.97. The van der Waals surface area contributed by atoms with Crippen molar-refractivity contribution in [2.45, 2.75) is 65.5 Å². The van der Waals surface area contributed by atoms with E-state index < -0.39 is 11.7 Å². The van der Waals surface area contributed by atoms with E-state index in [-0.39, 0.29) is 28.3 Å². The third-order valence-electron chi connectivity index (χ3n) is 5.90. The Labute approximate surface area is 181 Å². The maximum atomic E-state index is 14.5. The Morgan fingerprint density at radius 3 is 2.57 bits per heavy atom. The van der Waals surface area contributed by atoms with Gasteiger partial charge in [-0.3, -0.25) is 9.59 Å². The lowest BCUT2D eigenvalue weighted by Crippen LogP contribution is -2.37. The van der Waals surface area contributed by atoms with Crippen molar-refractivity contribution in [2.75, 3.05) is 11.4 Å². The first-order valence-electron chi connectivity index (χ1n) is 10.5. The topological polar surface area (TPSA) is 65.2 Å². The number of hydrogen-bond acceptors (Lipinski definition) is 3. The van der Waals surface area contributed by atoms with Gasteiger partial charge in [-0.05, 0) is 51.3 Å². The lowest BCUT2D eigenvalue weighted by molar-refractivity contribution is 0.0949. The van der Waals surface area contributed by atoms with Crippen LogP contribution >= 0.6 is 11.6 Å². The summed E-state index contributed by atoms with van der Waals surface area (Å²) in [5.41, 5.74) is 2.46. The van der Waals surface area contributed by atoms with E-state index in [1.165, 1.54) is 37.5 Å². The fourth-order valence-electron chi connectivity index (χ4n) is 4.32.